The van der Waals surface area contributed by atoms with Crippen molar-refractivity contribution in [3.05, 3.63) is 70.4 Å². The third-order valence-electron chi connectivity index (χ3n) is 4.42. The van der Waals surface area contributed by atoms with Crippen LogP contribution in [0.4, 0.5) is 10.5 Å². The maximum Gasteiger partial charge on any atom is 0.319 e. The second-order valence-corrected chi connectivity index (χ2v) is 6.68. The Labute approximate surface area is 158 Å². The smallest absolute Gasteiger partial charge is 0.319 e. The van der Waals surface area contributed by atoms with Gasteiger partial charge in [-0.15, -0.1) is 0 Å². The molecule has 0 fully saturated rings. The molecule has 0 bridgehead atoms. The Morgan fingerprint density at radius 3 is 2.44 bits per heavy atom. The van der Waals surface area contributed by atoms with Crippen molar-refractivity contribution < 1.29 is 14.3 Å². The summed E-state index contributed by atoms with van der Waals surface area (Å²) in [4.78, 5) is 25.1. The summed E-state index contributed by atoms with van der Waals surface area (Å²) in [5, 5.41) is 8.46. The van der Waals surface area contributed by atoms with Crippen LogP contribution in [0.25, 0.3) is 0 Å². The molecule has 6 heteroatoms. The fraction of sp³-hybridized carbons (Fsp3) is 0.238. The van der Waals surface area contributed by atoms with E-state index in [-0.39, 0.29) is 11.9 Å². The van der Waals surface area contributed by atoms with Gasteiger partial charge in [-0.2, -0.15) is 0 Å². The van der Waals surface area contributed by atoms with E-state index in [1.54, 1.807) is 14.0 Å². The van der Waals surface area contributed by atoms with Gasteiger partial charge in [-0.25, -0.2) is 4.79 Å². The van der Waals surface area contributed by atoms with Gasteiger partial charge in [0.05, 0.1) is 18.7 Å². The maximum absolute atomic E-state index is 13.1. The molecule has 3 rings (SSSR count). The average molecular weight is 365 g/mol. The van der Waals surface area contributed by atoms with Crippen molar-refractivity contribution in [1.29, 1.82) is 0 Å². The monoisotopic (exact) mass is 365 g/mol. The number of methoxy groups -OCH3 is 1. The number of hydrogen-bond acceptors (Lipinski definition) is 3. The molecule has 0 aliphatic carbocycles. The minimum atomic E-state index is -0.570. The van der Waals surface area contributed by atoms with Crippen molar-refractivity contribution in [2.24, 2.45) is 0 Å². The van der Waals surface area contributed by atoms with Crippen LogP contribution in [0.3, 0.4) is 0 Å². The molecule has 27 heavy (non-hydrogen) atoms. The molecule has 2 aromatic rings. The molecule has 0 spiro atoms. The van der Waals surface area contributed by atoms with Gasteiger partial charge >= 0.3 is 6.03 Å². The van der Waals surface area contributed by atoms with Crippen LogP contribution in [-0.2, 0) is 4.79 Å². The van der Waals surface area contributed by atoms with Crippen molar-refractivity contribution in [2.75, 3.05) is 12.4 Å². The number of benzene rings is 2. The van der Waals surface area contributed by atoms with Gasteiger partial charge in [0.25, 0.3) is 5.91 Å². The lowest BCUT2D eigenvalue weighted by atomic mass is 9.94. The van der Waals surface area contributed by atoms with Gasteiger partial charge < -0.3 is 20.7 Å². The largest absolute Gasteiger partial charge is 0.497 e. The van der Waals surface area contributed by atoms with Crippen molar-refractivity contribution >= 4 is 17.6 Å². The molecule has 6 nitrogen and oxygen atoms in total. The van der Waals surface area contributed by atoms with E-state index in [9.17, 15) is 9.59 Å². The topological polar surface area (TPSA) is 79.5 Å². The van der Waals surface area contributed by atoms with Crippen LogP contribution in [0.1, 0.15) is 29.7 Å². The van der Waals surface area contributed by atoms with Gasteiger partial charge in [0.2, 0.25) is 0 Å². The number of ether oxygens (including phenoxy) is 1. The molecule has 3 amide bonds. The van der Waals surface area contributed by atoms with Gasteiger partial charge in [0.15, 0.2) is 0 Å². The van der Waals surface area contributed by atoms with Crippen molar-refractivity contribution in [2.45, 2.75) is 26.8 Å². The Hall–Kier alpha value is -3.28. The quantitative estimate of drug-likeness (QED) is 0.775. The highest BCUT2D eigenvalue weighted by Gasteiger charge is 2.31. The van der Waals surface area contributed by atoms with Crippen LogP contribution in [0.15, 0.2) is 53.7 Å². The van der Waals surface area contributed by atoms with Crippen LogP contribution >= 0.6 is 0 Å². The minimum absolute atomic E-state index is 0.266. The molecular formula is C21H23N3O3. The number of aryl methyl sites for hydroxylation is 2. The number of amides is 3. The predicted molar refractivity (Wildman–Crippen MR) is 105 cm³/mol. The van der Waals surface area contributed by atoms with Gasteiger partial charge in [-0.05, 0) is 61.7 Å². The van der Waals surface area contributed by atoms with Crippen LogP contribution < -0.4 is 20.7 Å². The number of rotatable bonds is 4. The number of carbonyl (C=O) groups is 2. The molecule has 0 unspecified atom stereocenters. The highest BCUT2D eigenvalue weighted by Crippen LogP contribution is 2.30. The Morgan fingerprint density at radius 1 is 1.07 bits per heavy atom. The standard InChI is InChI=1S/C21H23N3O3/c1-12-8-13(2)10-16(9-12)23-20(25)18-14(3)22-21(26)24-19(18)15-6-5-7-17(11-15)27-4/h5-11,19H,1-4H3,(H,23,25)(H2,22,24,26)/t19-/m0/s1. The first-order chi connectivity index (χ1) is 12.9. The molecule has 0 aromatic heterocycles. The highest BCUT2D eigenvalue weighted by atomic mass is 16.5. The van der Waals surface area contributed by atoms with Crippen LogP contribution in [-0.4, -0.2) is 19.0 Å². The fourth-order valence-electron chi connectivity index (χ4n) is 3.31. The van der Waals surface area contributed by atoms with E-state index in [0.29, 0.717) is 17.0 Å². The van der Waals surface area contributed by atoms with Gasteiger partial charge in [-0.3, -0.25) is 4.79 Å². The summed E-state index contributed by atoms with van der Waals surface area (Å²) in [5.41, 5.74) is 4.61. The first kappa shape index (κ1) is 18.5. The molecule has 140 valence electrons. The second kappa shape index (κ2) is 7.53. The lowest BCUT2D eigenvalue weighted by molar-refractivity contribution is -0.113. The van der Waals surface area contributed by atoms with E-state index in [1.807, 2.05) is 56.3 Å². The predicted octanol–water partition coefficient (Wildman–Crippen LogP) is 3.58. The van der Waals surface area contributed by atoms with Gasteiger partial charge in [0.1, 0.15) is 5.75 Å². The third-order valence-corrected chi connectivity index (χ3v) is 4.42. The van der Waals surface area contributed by atoms with Crippen LogP contribution in [0.5, 0.6) is 5.75 Å². The van der Waals surface area contributed by atoms with E-state index in [1.165, 1.54) is 0 Å². The molecule has 0 saturated heterocycles. The summed E-state index contributed by atoms with van der Waals surface area (Å²) >= 11 is 0. The highest BCUT2D eigenvalue weighted by molar-refractivity contribution is 6.06. The number of allylic oxidation sites excluding steroid dienone is 1. The Balaban J connectivity index is 1.96. The summed E-state index contributed by atoms with van der Waals surface area (Å²) < 4.78 is 5.27. The van der Waals surface area contributed by atoms with Gasteiger partial charge in [0, 0.05) is 11.4 Å². The molecule has 1 aliphatic rings. The Kier molecular flexibility index (Phi) is 5.16. The molecular weight excluding hydrogens is 342 g/mol. The molecule has 3 N–H and O–H groups in total. The van der Waals surface area contributed by atoms with Crippen molar-refractivity contribution in [1.82, 2.24) is 10.6 Å². The molecule has 1 atom stereocenters. The number of anilines is 1. The molecule has 2 aromatic carbocycles. The zero-order valence-electron chi connectivity index (χ0n) is 15.8. The fourth-order valence-corrected chi connectivity index (χ4v) is 3.31. The lowest BCUT2D eigenvalue weighted by Gasteiger charge is -2.29. The molecule has 1 heterocycles. The van der Waals surface area contributed by atoms with E-state index in [0.717, 1.165) is 22.4 Å². The summed E-state index contributed by atoms with van der Waals surface area (Å²) in [7, 11) is 1.58. The lowest BCUT2D eigenvalue weighted by Crippen LogP contribution is -2.45. The summed E-state index contributed by atoms with van der Waals surface area (Å²) in [5.74, 6) is 0.393. The maximum atomic E-state index is 13.1. The zero-order chi connectivity index (χ0) is 19.6. The van der Waals surface area contributed by atoms with Crippen molar-refractivity contribution in [3.8, 4) is 5.75 Å². The second-order valence-electron chi connectivity index (χ2n) is 6.68. The first-order valence-electron chi connectivity index (χ1n) is 8.69. The minimum Gasteiger partial charge on any atom is -0.497 e. The third kappa shape index (κ3) is 4.11. The van der Waals surface area contributed by atoms with E-state index < -0.39 is 6.04 Å². The Bertz CT molecular complexity index is 914. The normalized spacial score (nSPS) is 16.4. The summed E-state index contributed by atoms with van der Waals surface area (Å²) in [6.45, 7) is 5.69. The van der Waals surface area contributed by atoms with E-state index in [2.05, 4.69) is 16.0 Å². The zero-order valence-corrected chi connectivity index (χ0v) is 15.8. The first-order valence-corrected chi connectivity index (χ1v) is 8.69. The van der Waals surface area contributed by atoms with Crippen LogP contribution in [0.2, 0.25) is 0 Å². The van der Waals surface area contributed by atoms with Crippen LogP contribution in [0, 0.1) is 13.8 Å². The number of carbonyl (C=O) groups excluding carboxylic acids is 2. The molecule has 0 radical (unpaired) electrons. The van der Waals surface area contributed by atoms with Crippen molar-refractivity contribution in [3.63, 3.8) is 0 Å². The molecule has 1 aliphatic heterocycles. The average Bonchev–Trinajstić information content (AvgIpc) is 2.60. The number of urea groups is 1. The summed E-state index contributed by atoms with van der Waals surface area (Å²) in [6, 6.07) is 12.3. The van der Waals surface area contributed by atoms with E-state index in [4.69, 9.17) is 4.74 Å². The number of hydrogen-bond donors (Lipinski definition) is 3. The van der Waals surface area contributed by atoms with E-state index >= 15 is 0 Å². The number of nitrogens with one attached hydrogen (secondary N) is 3. The molecule has 0 saturated carbocycles. The summed E-state index contributed by atoms with van der Waals surface area (Å²) in [6.07, 6.45) is 0. The van der Waals surface area contributed by atoms with Gasteiger partial charge in [-0.1, -0.05) is 18.2 Å². The SMILES string of the molecule is COc1cccc([C@@H]2NC(=O)NC(C)=C2C(=O)Nc2cc(C)cc(C)c2)c1. The Morgan fingerprint density at radius 2 is 1.78 bits per heavy atom.